The third-order valence-electron chi connectivity index (χ3n) is 6.73. The highest BCUT2D eigenvalue weighted by Crippen LogP contribution is 2.37. The van der Waals surface area contributed by atoms with Gasteiger partial charge in [-0.05, 0) is 61.7 Å². The molecule has 44 heavy (non-hydrogen) atoms. The van der Waals surface area contributed by atoms with Crippen molar-refractivity contribution in [1.82, 2.24) is 14.8 Å². The third kappa shape index (κ3) is 6.75. The van der Waals surface area contributed by atoms with Gasteiger partial charge in [0.25, 0.3) is 5.91 Å². The van der Waals surface area contributed by atoms with Crippen LogP contribution in [0.2, 0.25) is 0 Å². The highest BCUT2D eigenvalue weighted by atomic mass is 19.1. The maximum absolute atomic E-state index is 15.2. The van der Waals surface area contributed by atoms with Crippen molar-refractivity contribution in [2.24, 2.45) is 0 Å². The SMILES string of the molecule is CC.CCOc1cn(-c2ccc(CC)cc2C)nc1C(=O)Nc1ccc(Oc2ccnc3cc(OC)c(OC)cc23)c(F)c1.[HH]. The van der Waals surface area contributed by atoms with Crippen LogP contribution in [0.3, 0.4) is 0 Å². The number of pyridine rings is 1. The quantitative estimate of drug-likeness (QED) is 0.172. The summed E-state index contributed by atoms with van der Waals surface area (Å²) >= 11 is 0. The Labute approximate surface area is 258 Å². The summed E-state index contributed by atoms with van der Waals surface area (Å²) in [5.41, 5.74) is 3.97. The predicted octanol–water partition coefficient (Wildman–Crippen LogP) is 8.16. The van der Waals surface area contributed by atoms with Crippen molar-refractivity contribution in [2.45, 2.75) is 41.0 Å². The molecule has 3 aromatic carbocycles. The van der Waals surface area contributed by atoms with E-state index in [0.29, 0.717) is 40.5 Å². The number of rotatable bonds is 10. The standard InChI is InChI=1S/C32H31FN4O5.C2H6.H2/c1-6-20-8-10-25(19(3)14-20)37-18-30(41-7-2)31(36-37)32(38)35-21-9-11-27(23(33)15-21)42-26-12-13-34-24-17-29(40-5)28(39-4)16-22(24)26;1-2;/h8-18H,6-7H2,1-5H3,(H,35,38);1-2H3;1H. The Morgan fingerprint density at radius 2 is 1.68 bits per heavy atom. The number of nitrogens with zero attached hydrogens (tertiary/aromatic N) is 3. The number of hydrogen-bond acceptors (Lipinski definition) is 7. The highest BCUT2D eigenvalue weighted by Gasteiger charge is 2.21. The number of carbonyl (C=O) groups is 1. The number of ether oxygens (including phenoxy) is 4. The van der Waals surface area contributed by atoms with Crippen molar-refractivity contribution in [3.63, 3.8) is 0 Å². The molecule has 1 amide bonds. The van der Waals surface area contributed by atoms with E-state index < -0.39 is 11.7 Å². The van der Waals surface area contributed by atoms with E-state index in [0.717, 1.165) is 17.7 Å². The van der Waals surface area contributed by atoms with Gasteiger partial charge in [-0.3, -0.25) is 9.78 Å². The number of benzene rings is 3. The summed E-state index contributed by atoms with van der Waals surface area (Å²) in [4.78, 5) is 17.6. The zero-order valence-corrected chi connectivity index (χ0v) is 26.0. The van der Waals surface area contributed by atoms with Crippen LogP contribution in [0.1, 0.15) is 50.7 Å². The van der Waals surface area contributed by atoms with Crippen molar-refractivity contribution < 1.29 is 29.6 Å². The molecule has 5 aromatic rings. The summed E-state index contributed by atoms with van der Waals surface area (Å²) in [7, 11) is 3.06. The van der Waals surface area contributed by atoms with Crippen molar-refractivity contribution in [2.75, 3.05) is 26.1 Å². The average Bonchev–Trinajstić information content (AvgIpc) is 3.46. The van der Waals surface area contributed by atoms with Crippen LogP contribution < -0.4 is 24.3 Å². The topological polar surface area (TPSA) is 96.7 Å². The van der Waals surface area contributed by atoms with E-state index in [4.69, 9.17) is 18.9 Å². The first-order valence-corrected chi connectivity index (χ1v) is 14.5. The summed E-state index contributed by atoms with van der Waals surface area (Å²) in [6.07, 6.45) is 4.15. The van der Waals surface area contributed by atoms with Crippen LogP contribution in [0.15, 0.2) is 67.0 Å². The first kappa shape index (κ1) is 31.8. The van der Waals surface area contributed by atoms with Gasteiger partial charge in [0, 0.05) is 30.8 Å². The lowest BCUT2D eigenvalue weighted by atomic mass is 10.1. The summed E-state index contributed by atoms with van der Waals surface area (Å²) < 4.78 is 39.2. The summed E-state index contributed by atoms with van der Waals surface area (Å²) in [5, 5.41) is 7.83. The molecular weight excluding hydrogens is 563 g/mol. The maximum atomic E-state index is 15.2. The lowest BCUT2D eigenvalue weighted by Crippen LogP contribution is -2.15. The number of methoxy groups -OCH3 is 2. The average molecular weight is 603 g/mol. The zero-order valence-electron chi connectivity index (χ0n) is 26.0. The van der Waals surface area contributed by atoms with Gasteiger partial charge in [0.2, 0.25) is 0 Å². The van der Waals surface area contributed by atoms with E-state index in [-0.39, 0.29) is 18.6 Å². The molecule has 5 rings (SSSR count). The van der Waals surface area contributed by atoms with E-state index in [1.54, 1.807) is 41.3 Å². The van der Waals surface area contributed by atoms with Gasteiger partial charge in [-0.1, -0.05) is 32.9 Å². The molecule has 0 radical (unpaired) electrons. The molecule has 0 fully saturated rings. The fraction of sp³-hybridized carbons (Fsp3) is 0.265. The van der Waals surface area contributed by atoms with Crippen LogP contribution in [-0.4, -0.2) is 41.5 Å². The van der Waals surface area contributed by atoms with E-state index in [1.807, 2.05) is 39.8 Å². The number of fused-ring (bicyclic) bond motifs is 1. The van der Waals surface area contributed by atoms with Gasteiger partial charge < -0.3 is 24.3 Å². The highest BCUT2D eigenvalue weighted by molar-refractivity contribution is 6.04. The minimum absolute atomic E-state index is 0. The van der Waals surface area contributed by atoms with Crippen molar-refractivity contribution in [3.05, 3.63) is 89.6 Å². The Balaban J connectivity index is 0.00000180. The molecule has 1 N–H and O–H groups in total. The molecule has 0 bridgehead atoms. The lowest BCUT2D eigenvalue weighted by molar-refractivity contribution is 0.101. The van der Waals surface area contributed by atoms with Crippen molar-refractivity contribution in [1.29, 1.82) is 0 Å². The Kier molecular flexibility index (Phi) is 10.4. The molecule has 0 saturated carbocycles. The zero-order chi connectivity index (χ0) is 31.8. The summed E-state index contributed by atoms with van der Waals surface area (Å²) in [6, 6.07) is 15.3. The first-order valence-electron chi connectivity index (χ1n) is 14.5. The second-order valence-electron chi connectivity index (χ2n) is 9.43. The van der Waals surface area contributed by atoms with E-state index in [2.05, 4.69) is 28.4 Å². The van der Waals surface area contributed by atoms with Crippen LogP contribution in [-0.2, 0) is 6.42 Å². The van der Waals surface area contributed by atoms with E-state index in [1.165, 1.54) is 31.9 Å². The molecule has 0 atom stereocenters. The van der Waals surface area contributed by atoms with E-state index in [9.17, 15) is 4.79 Å². The molecule has 0 saturated heterocycles. The minimum atomic E-state index is -0.666. The molecule has 2 heterocycles. The number of aromatic nitrogens is 3. The summed E-state index contributed by atoms with van der Waals surface area (Å²) in [5.74, 6) is 0.484. The smallest absolute Gasteiger partial charge is 0.280 e. The van der Waals surface area contributed by atoms with Gasteiger partial charge in [-0.15, -0.1) is 0 Å². The minimum Gasteiger partial charge on any atom is -0.493 e. The van der Waals surface area contributed by atoms with Crippen molar-refractivity contribution >= 4 is 22.5 Å². The Morgan fingerprint density at radius 3 is 2.34 bits per heavy atom. The molecule has 0 aliphatic carbocycles. The number of aryl methyl sites for hydroxylation is 2. The van der Waals surface area contributed by atoms with Crippen LogP contribution in [0.5, 0.6) is 28.7 Å². The van der Waals surface area contributed by atoms with Crippen LogP contribution in [0.4, 0.5) is 10.1 Å². The van der Waals surface area contributed by atoms with Gasteiger partial charge in [-0.2, -0.15) is 5.10 Å². The monoisotopic (exact) mass is 602 g/mol. The largest absolute Gasteiger partial charge is 0.493 e. The van der Waals surface area contributed by atoms with Gasteiger partial charge in [0.15, 0.2) is 34.5 Å². The number of hydrogen-bond donors (Lipinski definition) is 1. The molecule has 2 aromatic heterocycles. The third-order valence-corrected chi connectivity index (χ3v) is 6.73. The number of halogens is 1. The fourth-order valence-electron chi connectivity index (χ4n) is 4.60. The predicted molar refractivity (Wildman–Crippen MR) is 172 cm³/mol. The van der Waals surface area contributed by atoms with Gasteiger partial charge in [-0.25, -0.2) is 9.07 Å². The molecule has 0 aliphatic rings. The van der Waals surface area contributed by atoms with Gasteiger partial charge in [0.1, 0.15) is 5.75 Å². The number of carbonyl (C=O) groups excluding carboxylic acids is 1. The number of amides is 1. The molecule has 0 spiro atoms. The molecule has 0 aliphatic heterocycles. The second-order valence-corrected chi connectivity index (χ2v) is 9.43. The Hall–Kier alpha value is -5.12. The summed E-state index contributed by atoms with van der Waals surface area (Å²) in [6.45, 7) is 10.3. The number of anilines is 1. The van der Waals surface area contributed by atoms with Crippen LogP contribution in [0, 0.1) is 12.7 Å². The van der Waals surface area contributed by atoms with Crippen LogP contribution >= 0.6 is 0 Å². The molecule has 232 valence electrons. The van der Waals surface area contributed by atoms with Crippen LogP contribution in [0.25, 0.3) is 16.6 Å². The van der Waals surface area contributed by atoms with Gasteiger partial charge >= 0.3 is 0 Å². The molecule has 0 unspecified atom stereocenters. The molecular formula is C34H39FN4O5. The van der Waals surface area contributed by atoms with Gasteiger partial charge in [0.05, 0.1) is 38.2 Å². The first-order chi connectivity index (χ1) is 21.3. The normalized spacial score (nSPS) is 10.5. The number of nitrogens with one attached hydrogen (secondary N) is 1. The molecule has 10 heteroatoms. The fourth-order valence-corrected chi connectivity index (χ4v) is 4.60. The molecule has 9 nitrogen and oxygen atoms in total. The van der Waals surface area contributed by atoms with E-state index >= 15 is 4.39 Å². The Morgan fingerprint density at radius 1 is 0.932 bits per heavy atom. The Bertz CT molecular complexity index is 1780. The second kappa shape index (κ2) is 14.4. The van der Waals surface area contributed by atoms with Crippen molar-refractivity contribution in [3.8, 4) is 34.4 Å². The maximum Gasteiger partial charge on any atom is 0.280 e. The lowest BCUT2D eigenvalue weighted by Gasteiger charge is -2.13.